The summed E-state index contributed by atoms with van der Waals surface area (Å²) in [7, 11) is 0. The number of hydrogen-bond acceptors (Lipinski definition) is 2. The van der Waals surface area contributed by atoms with Crippen LogP contribution in [0.15, 0.2) is 60.7 Å². The molecule has 0 saturated carbocycles. The Balaban J connectivity index is 0.00000210. The zero-order valence-corrected chi connectivity index (χ0v) is 17.4. The molecule has 2 aromatic rings. The first-order valence-electron chi connectivity index (χ1n) is 9.94. The molecule has 0 spiro atoms. The maximum Gasteiger partial charge on any atom is 0.121 e. The van der Waals surface area contributed by atoms with Crippen molar-refractivity contribution in [3.8, 4) is 0 Å². The molecule has 4 heteroatoms. The fourth-order valence-corrected chi connectivity index (χ4v) is 5.49. The largest absolute Gasteiger partial charge is 1.00 e. The molecule has 0 aromatic heterocycles. The van der Waals surface area contributed by atoms with Gasteiger partial charge in [0.1, 0.15) is 5.60 Å². The van der Waals surface area contributed by atoms with Crippen molar-refractivity contribution in [3.05, 3.63) is 71.8 Å². The summed E-state index contributed by atoms with van der Waals surface area (Å²) in [5.74, 6) is 0. The second-order valence-corrected chi connectivity index (χ2v) is 8.29. The van der Waals surface area contributed by atoms with E-state index in [0.717, 1.165) is 67.5 Å². The van der Waals surface area contributed by atoms with Gasteiger partial charge in [-0.1, -0.05) is 60.7 Å². The standard InChI is InChI=1S/C23H30NO2.BrH/c25-19-7-15-24-16-12-22(13-17-24,14-18-24)23(26,20-8-3-1-4-9-20)21-10-5-2-6-11-21;/h1-6,8-11,25-26H,7,12-19H2;1H/q+1;/p-1. The molecule has 2 bridgehead atoms. The van der Waals surface area contributed by atoms with Crippen LogP contribution in [0, 0.1) is 5.41 Å². The molecular formula is C23H30BrNO2. The van der Waals surface area contributed by atoms with Gasteiger partial charge in [0.25, 0.3) is 0 Å². The van der Waals surface area contributed by atoms with Crippen LogP contribution >= 0.6 is 0 Å². The summed E-state index contributed by atoms with van der Waals surface area (Å²) in [6, 6.07) is 20.5. The summed E-state index contributed by atoms with van der Waals surface area (Å²) in [6.45, 7) is 4.69. The third kappa shape index (κ3) is 3.38. The number of benzene rings is 2. The monoisotopic (exact) mass is 431 g/mol. The topological polar surface area (TPSA) is 40.5 Å². The van der Waals surface area contributed by atoms with Crippen LogP contribution in [0.5, 0.6) is 0 Å². The van der Waals surface area contributed by atoms with E-state index >= 15 is 0 Å². The summed E-state index contributed by atoms with van der Waals surface area (Å²) < 4.78 is 1.13. The minimum Gasteiger partial charge on any atom is -1.00 e. The van der Waals surface area contributed by atoms with Crippen LogP contribution in [0.1, 0.15) is 36.8 Å². The van der Waals surface area contributed by atoms with Gasteiger partial charge >= 0.3 is 0 Å². The van der Waals surface area contributed by atoms with Gasteiger partial charge in [-0.2, -0.15) is 0 Å². The average molecular weight is 432 g/mol. The number of aliphatic hydroxyl groups is 2. The first kappa shape index (κ1) is 20.5. The Morgan fingerprint density at radius 2 is 1.26 bits per heavy atom. The first-order valence-corrected chi connectivity index (χ1v) is 9.94. The maximum absolute atomic E-state index is 12.3. The molecule has 0 unspecified atom stereocenters. The van der Waals surface area contributed by atoms with Crippen molar-refractivity contribution in [3.63, 3.8) is 0 Å². The van der Waals surface area contributed by atoms with Crippen LogP contribution in [0.2, 0.25) is 0 Å². The Bertz CT molecular complexity index is 671. The van der Waals surface area contributed by atoms with Crippen molar-refractivity contribution >= 4 is 0 Å². The third-order valence-corrected chi connectivity index (χ3v) is 7.14. The second kappa shape index (κ2) is 8.04. The number of fused-ring (bicyclic) bond motifs is 3. The van der Waals surface area contributed by atoms with Gasteiger partial charge in [-0.15, -0.1) is 0 Å². The van der Waals surface area contributed by atoms with Gasteiger partial charge in [0, 0.05) is 37.7 Å². The van der Waals surface area contributed by atoms with Crippen molar-refractivity contribution < 1.29 is 31.7 Å². The lowest BCUT2D eigenvalue weighted by Crippen LogP contribution is -3.00. The minimum absolute atomic E-state index is 0. The van der Waals surface area contributed by atoms with E-state index in [2.05, 4.69) is 24.3 Å². The highest BCUT2D eigenvalue weighted by atomic mass is 79.9. The minimum atomic E-state index is -0.941. The molecule has 27 heavy (non-hydrogen) atoms. The van der Waals surface area contributed by atoms with Gasteiger partial charge in [-0.25, -0.2) is 0 Å². The molecule has 3 fully saturated rings. The van der Waals surface area contributed by atoms with Crippen molar-refractivity contribution in [1.82, 2.24) is 0 Å². The highest BCUT2D eigenvalue weighted by Gasteiger charge is 2.60. The normalized spacial score (nSPS) is 27.2. The molecule has 0 aliphatic carbocycles. The number of aliphatic hydroxyl groups excluding tert-OH is 1. The average Bonchev–Trinajstić information content (AvgIpc) is 2.74. The smallest absolute Gasteiger partial charge is 0.121 e. The fraction of sp³-hybridized carbons (Fsp3) is 0.478. The van der Waals surface area contributed by atoms with Gasteiger partial charge in [-0.3, -0.25) is 0 Å². The van der Waals surface area contributed by atoms with Crippen molar-refractivity contribution in [2.45, 2.75) is 31.3 Å². The van der Waals surface area contributed by atoms with E-state index in [1.54, 1.807) is 0 Å². The maximum atomic E-state index is 12.3. The molecule has 3 aliphatic heterocycles. The van der Waals surface area contributed by atoms with Crippen LogP contribution < -0.4 is 17.0 Å². The highest BCUT2D eigenvalue weighted by Crippen LogP contribution is 2.57. The molecule has 0 atom stereocenters. The molecule has 0 amide bonds. The Hall–Kier alpha value is -1.20. The third-order valence-electron chi connectivity index (χ3n) is 7.14. The zero-order valence-electron chi connectivity index (χ0n) is 15.9. The number of nitrogens with zero attached hydrogens (tertiary/aromatic N) is 1. The van der Waals surface area contributed by atoms with E-state index in [1.807, 2.05) is 36.4 Å². The molecule has 0 radical (unpaired) electrons. The fourth-order valence-electron chi connectivity index (χ4n) is 5.49. The predicted molar refractivity (Wildman–Crippen MR) is 104 cm³/mol. The summed E-state index contributed by atoms with van der Waals surface area (Å²) in [4.78, 5) is 0. The summed E-state index contributed by atoms with van der Waals surface area (Å²) in [5, 5.41) is 21.5. The van der Waals surface area contributed by atoms with Crippen LogP contribution in [-0.4, -0.2) is 47.5 Å². The summed E-state index contributed by atoms with van der Waals surface area (Å²) in [6.07, 6.45) is 4.00. The van der Waals surface area contributed by atoms with E-state index in [9.17, 15) is 10.2 Å². The van der Waals surface area contributed by atoms with Gasteiger partial charge in [-0.05, 0) is 11.1 Å². The van der Waals surface area contributed by atoms with Crippen LogP contribution in [0.4, 0.5) is 0 Å². The molecule has 146 valence electrons. The molecule has 3 nitrogen and oxygen atoms in total. The van der Waals surface area contributed by atoms with E-state index in [0.29, 0.717) is 0 Å². The Labute approximate surface area is 173 Å². The van der Waals surface area contributed by atoms with Crippen LogP contribution in [-0.2, 0) is 5.60 Å². The van der Waals surface area contributed by atoms with Crippen molar-refractivity contribution in [2.75, 3.05) is 32.8 Å². The number of piperidine rings is 3. The van der Waals surface area contributed by atoms with E-state index in [-0.39, 0.29) is 29.0 Å². The SMILES string of the molecule is OCCC[N+]12CCC(C(O)(c3ccccc3)c3ccccc3)(CC1)CC2.[Br-]. The summed E-state index contributed by atoms with van der Waals surface area (Å²) >= 11 is 0. The Morgan fingerprint density at radius 3 is 1.67 bits per heavy atom. The summed E-state index contributed by atoms with van der Waals surface area (Å²) in [5.41, 5.74) is 0.990. The predicted octanol–water partition coefficient (Wildman–Crippen LogP) is 0.310. The van der Waals surface area contributed by atoms with Crippen molar-refractivity contribution in [1.29, 1.82) is 0 Å². The lowest BCUT2D eigenvalue weighted by Gasteiger charge is -2.60. The second-order valence-electron chi connectivity index (χ2n) is 8.29. The van der Waals surface area contributed by atoms with Crippen LogP contribution in [0.25, 0.3) is 0 Å². The highest BCUT2D eigenvalue weighted by molar-refractivity contribution is 5.39. The van der Waals surface area contributed by atoms with Crippen LogP contribution in [0.3, 0.4) is 0 Å². The Morgan fingerprint density at radius 1 is 0.815 bits per heavy atom. The lowest BCUT2D eigenvalue weighted by atomic mass is 9.56. The zero-order chi connectivity index (χ0) is 18.1. The molecule has 3 saturated heterocycles. The quantitative estimate of drug-likeness (QED) is 0.646. The van der Waals surface area contributed by atoms with Gasteiger partial charge in [0.15, 0.2) is 0 Å². The number of rotatable bonds is 6. The lowest BCUT2D eigenvalue weighted by molar-refractivity contribution is -0.946. The molecular weight excluding hydrogens is 402 g/mol. The number of hydrogen-bond donors (Lipinski definition) is 2. The number of halogens is 1. The molecule has 2 N–H and O–H groups in total. The first-order chi connectivity index (χ1) is 12.6. The molecule has 3 aliphatic rings. The molecule has 3 heterocycles. The number of quaternary nitrogens is 1. The van der Waals surface area contributed by atoms with E-state index < -0.39 is 5.60 Å². The van der Waals surface area contributed by atoms with E-state index in [4.69, 9.17) is 0 Å². The van der Waals surface area contributed by atoms with Gasteiger partial charge < -0.3 is 31.7 Å². The molecule has 5 rings (SSSR count). The van der Waals surface area contributed by atoms with Gasteiger partial charge in [0.2, 0.25) is 0 Å². The van der Waals surface area contributed by atoms with Crippen molar-refractivity contribution in [2.24, 2.45) is 5.41 Å². The molecule has 2 aromatic carbocycles. The van der Waals surface area contributed by atoms with Gasteiger partial charge in [0.05, 0.1) is 26.2 Å². The van der Waals surface area contributed by atoms with E-state index in [1.165, 1.54) is 0 Å². The Kier molecular flexibility index (Phi) is 6.11.